The van der Waals surface area contributed by atoms with E-state index in [1.165, 1.54) is 7.11 Å². The van der Waals surface area contributed by atoms with E-state index in [-0.39, 0.29) is 18.3 Å². The van der Waals surface area contributed by atoms with Crippen LogP contribution in [-0.2, 0) is 22.5 Å². The molecule has 0 bridgehead atoms. The van der Waals surface area contributed by atoms with Crippen molar-refractivity contribution in [3.05, 3.63) is 65.2 Å². The van der Waals surface area contributed by atoms with Gasteiger partial charge in [0, 0.05) is 11.3 Å². The molecule has 0 N–H and O–H groups in total. The van der Waals surface area contributed by atoms with Crippen molar-refractivity contribution < 1.29 is 14.3 Å². The average Bonchev–Trinajstić information content (AvgIpc) is 2.85. The Bertz CT molecular complexity index is 691. The van der Waals surface area contributed by atoms with E-state index >= 15 is 0 Å². The van der Waals surface area contributed by atoms with E-state index < -0.39 is 0 Å². The first-order chi connectivity index (χ1) is 10.2. The highest BCUT2D eigenvalue weighted by atomic mass is 16.5. The fraction of sp³-hybridized carbons (Fsp3) is 0.176. The molecule has 21 heavy (non-hydrogen) atoms. The van der Waals surface area contributed by atoms with Crippen LogP contribution < -0.4 is 4.90 Å². The quantitative estimate of drug-likeness (QED) is 0.812. The predicted molar refractivity (Wildman–Crippen MR) is 79.1 cm³/mol. The summed E-state index contributed by atoms with van der Waals surface area (Å²) in [4.78, 5) is 25.3. The monoisotopic (exact) mass is 281 g/mol. The third-order valence-corrected chi connectivity index (χ3v) is 3.65. The highest BCUT2D eigenvalue weighted by Crippen LogP contribution is 2.28. The maximum absolute atomic E-state index is 12.4. The molecule has 0 atom stereocenters. The van der Waals surface area contributed by atoms with Crippen molar-refractivity contribution in [1.29, 1.82) is 0 Å². The summed E-state index contributed by atoms with van der Waals surface area (Å²) in [7, 11) is 1.37. The van der Waals surface area contributed by atoms with E-state index in [4.69, 9.17) is 0 Å². The Morgan fingerprint density at radius 1 is 1.14 bits per heavy atom. The van der Waals surface area contributed by atoms with Crippen molar-refractivity contribution in [1.82, 2.24) is 0 Å². The highest BCUT2D eigenvalue weighted by molar-refractivity contribution is 6.09. The van der Waals surface area contributed by atoms with Gasteiger partial charge in [-0.3, -0.25) is 9.59 Å². The largest absolute Gasteiger partial charge is 0.469 e. The lowest BCUT2D eigenvalue weighted by molar-refractivity contribution is -0.139. The van der Waals surface area contributed by atoms with Gasteiger partial charge in [0.25, 0.3) is 5.91 Å². The van der Waals surface area contributed by atoms with Crippen LogP contribution in [0, 0.1) is 0 Å². The molecule has 0 spiro atoms. The number of anilines is 1. The summed E-state index contributed by atoms with van der Waals surface area (Å²) in [5, 5.41) is 0. The van der Waals surface area contributed by atoms with Crippen LogP contribution in [0.15, 0.2) is 48.5 Å². The molecule has 0 fully saturated rings. The number of rotatable bonds is 3. The molecule has 4 heteroatoms. The van der Waals surface area contributed by atoms with Crippen molar-refractivity contribution in [2.45, 2.75) is 13.0 Å². The Labute approximate surface area is 123 Å². The lowest BCUT2D eigenvalue weighted by Gasteiger charge is -2.16. The Balaban J connectivity index is 1.80. The predicted octanol–water partition coefficient (Wildman–Crippen LogP) is 2.56. The van der Waals surface area contributed by atoms with Gasteiger partial charge in [-0.05, 0) is 29.3 Å². The Hall–Kier alpha value is -2.62. The van der Waals surface area contributed by atoms with Gasteiger partial charge in [-0.25, -0.2) is 0 Å². The van der Waals surface area contributed by atoms with Gasteiger partial charge >= 0.3 is 5.97 Å². The Morgan fingerprint density at radius 2 is 1.86 bits per heavy atom. The number of carbonyl (C=O) groups excluding carboxylic acids is 2. The molecule has 4 nitrogen and oxygen atoms in total. The molecule has 1 aliphatic heterocycles. The van der Waals surface area contributed by atoms with Crippen molar-refractivity contribution in [2.75, 3.05) is 12.0 Å². The lowest BCUT2D eigenvalue weighted by Crippen LogP contribution is -2.22. The van der Waals surface area contributed by atoms with E-state index in [2.05, 4.69) is 4.74 Å². The second-order valence-corrected chi connectivity index (χ2v) is 4.97. The van der Waals surface area contributed by atoms with E-state index in [1.807, 2.05) is 48.5 Å². The maximum Gasteiger partial charge on any atom is 0.309 e. The van der Waals surface area contributed by atoms with Crippen molar-refractivity contribution >= 4 is 17.6 Å². The fourth-order valence-electron chi connectivity index (χ4n) is 2.50. The maximum atomic E-state index is 12.4. The minimum Gasteiger partial charge on any atom is -0.469 e. The van der Waals surface area contributed by atoms with Gasteiger partial charge in [0.15, 0.2) is 0 Å². The third-order valence-electron chi connectivity index (χ3n) is 3.65. The van der Waals surface area contributed by atoms with Crippen LogP contribution in [0.1, 0.15) is 21.5 Å². The fourth-order valence-corrected chi connectivity index (χ4v) is 2.50. The van der Waals surface area contributed by atoms with E-state index in [0.717, 1.165) is 22.4 Å². The summed E-state index contributed by atoms with van der Waals surface area (Å²) in [6.45, 7) is 0.589. The highest BCUT2D eigenvalue weighted by Gasteiger charge is 2.27. The van der Waals surface area contributed by atoms with Crippen molar-refractivity contribution in [3.63, 3.8) is 0 Å². The zero-order chi connectivity index (χ0) is 14.8. The Kier molecular flexibility index (Phi) is 3.44. The van der Waals surface area contributed by atoms with Crippen LogP contribution in [-0.4, -0.2) is 19.0 Å². The van der Waals surface area contributed by atoms with E-state index in [1.54, 1.807) is 4.90 Å². The van der Waals surface area contributed by atoms with Gasteiger partial charge in [0.05, 0.1) is 20.1 Å². The van der Waals surface area contributed by atoms with Crippen LogP contribution in [0.3, 0.4) is 0 Å². The number of benzene rings is 2. The first kappa shape index (κ1) is 13.4. The molecule has 0 saturated carbocycles. The topological polar surface area (TPSA) is 46.6 Å². The number of fused-ring (bicyclic) bond motifs is 1. The summed E-state index contributed by atoms with van der Waals surface area (Å²) in [5.41, 5.74) is 3.51. The summed E-state index contributed by atoms with van der Waals surface area (Å²) in [6.07, 6.45) is 0.241. The van der Waals surface area contributed by atoms with Crippen LogP contribution in [0.25, 0.3) is 0 Å². The minimum absolute atomic E-state index is 0.0197. The van der Waals surface area contributed by atoms with E-state index in [0.29, 0.717) is 6.54 Å². The molecule has 1 amide bonds. The molecule has 0 saturated heterocycles. The molecule has 0 unspecified atom stereocenters. The van der Waals surface area contributed by atoms with Crippen molar-refractivity contribution in [3.8, 4) is 0 Å². The number of amides is 1. The molecule has 0 radical (unpaired) electrons. The second-order valence-electron chi connectivity index (χ2n) is 4.97. The van der Waals surface area contributed by atoms with Gasteiger partial charge in [0.2, 0.25) is 0 Å². The van der Waals surface area contributed by atoms with Gasteiger partial charge in [-0.2, -0.15) is 0 Å². The summed E-state index contributed by atoms with van der Waals surface area (Å²) >= 11 is 0. The summed E-state index contributed by atoms with van der Waals surface area (Å²) in [5.74, 6) is -0.251. The summed E-state index contributed by atoms with van der Waals surface area (Å²) < 4.78 is 4.64. The van der Waals surface area contributed by atoms with Crippen LogP contribution in [0.5, 0.6) is 0 Å². The van der Waals surface area contributed by atoms with Crippen LogP contribution in [0.2, 0.25) is 0 Å². The summed E-state index contributed by atoms with van der Waals surface area (Å²) in [6, 6.07) is 15.1. The molecule has 0 aliphatic carbocycles. The first-order valence-corrected chi connectivity index (χ1v) is 6.74. The molecule has 3 rings (SSSR count). The normalized spacial score (nSPS) is 13.2. The van der Waals surface area contributed by atoms with Gasteiger partial charge < -0.3 is 9.64 Å². The van der Waals surface area contributed by atoms with Crippen LogP contribution in [0.4, 0.5) is 5.69 Å². The van der Waals surface area contributed by atoms with E-state index in [9.17, 15) is 9.59 Å². The smallest absolute Gasteiger partial charge is 0.309 e. The molecule has 106 valence electrons. The number of hydrogen-bond acceptors (Lipinski definition) is 3. The van der Waals surface area contributed by atoms with Gasteiger partial charge in [0.1, 0.15) is 0 Å². The lowest BCUT2D eigenvalue weighted by atomic mass is 10.1. The minimum atomic E-state index is -0.271. The van der Waals surface area contributed by atoms with Gasteiger partial charge in [-0.15, -0.1) is 0 Å². The molecule has 2 aromatic carbocycles. The molecule has 1 heterocycles. The second kappa shape index (κ2) is 5.40. The number of hydrogen-bond donors (Lipinski definition) is 0. The molecular weight excluding hydrogens is 266 g/mol. The van der Waals surface area contributed by atoms with Crippen molar-refractivity contribution in [2.24, 2.45) is 0 Å². The molecule has 2 aromatic rings. The standard InChI is InChI=1S/C17H15NO3/c1-21-16(19)10-12-6-8-14(9-7-12)18-11-13-4-2-3-5-15(13)17(18)20/h2-9H,10-11H2,1H3. The average molecular weight is 281 g/mol. The molecule has 1 aliphatic rings. The zero-order valence-corrected chi connectivity index (χ0v) is 11.7. The van der Waals surface area contributed by atoms with Gasteiger partial charge in [-0.1, -0.05) is 30.3 Å². The molecular formula is C17H15NO3. The Morgan fingerprint density at radius 3 is 2.52 bits per heavy atom. The SMILES string of the molecule is COC(=O)Cc1ccc(N2Cc3ccccc3C2=O)cc1. The zero-order valence-electron chi connectivity index (χ0n) is 11.7. The number of esters is 1. The number of ether oxygens (including phenoxy) is 1. The number of carbonyl (C=O) groups is 2. The van der Waals surface area contributed by atoms with Crippen LogP contribution >= 0.6 is 0 Å². The number of methoxy groups -OCH3 is 1. The number of nitrogens with zero attached hydrogens (tertiary/aromatic N) is 1. The third kappa shape index (κ3) is 2.52. The molecule has 0 aromatic heterocycles. The first-order valence-electron chi connectivity index (χ1n) is 6.74.